The molecule has 12 heavy (non-hydrogen) atoms. The molecular weight excluding hydrogens is 178 g/mol. The highest BCUT2D eigenvalue weighted by Crippen LogP contribution is 2.30. The average Bonchev–Trinajstić information content (AvgIpc) is 2.49. The monoisotopic (exact) mass is 185 g/mol. The number of hydrogen-bond acceptors (Lipinski definition) is 3. The van der Waals surface area contributed by atoms with Gasteiger partial charge in [-0.25, -0.2) is 4.21 Å². The molecule has 0 bridgehead atoms. The van der Waals surface area contributed by atoms with E-state index in [0.717, 1.165) is 5.69 Å². The average molecular weight is 185 g/mol. The van der Waals surface area contributed by atoms with Crippen LogP contribution in [0.1, 0.15) is 0 Å². The zero-order valence-electron chi connectivity index (χ0n) is 6.11. The Morgan fingerprint density at radius 2 is 2.42 bits per heavy atom. The Hall–Kier alpha value is -1.07. The van der Waals surface area contributed by atoms with Crippen molar-refractivity contribution in [2.75, 3.05) is 12.0 Å². The predicted molar refractivity (Wildman–Crippen MR) is 44.6 cm³/mol. The number of nitrogens with one attached hydrogen (secondary N) is 1. The van der Waals surface area contributed by atoms with E-state index >= 15 is 0 Å². The Labute approximate surface area is 71.8 Å². The summed E-state index contributed by atoms with van der Waals surface area (Å²) in [6, 6.07) is 4.88. The summed E-state index contributed by atoms with van der Waals surface area (Å²) < 4.78 is 24.5. The maximum Gasteiger partial charge on any atom is 0.186 e. The van der Waals surface area contributed by atoms with Gasteiger partial charge in [-0.1, -0.05) is 0 Å². The highest BCUT2D eigenvalue weighted by Gasteiger charge is 2.12. The van der Waals surface area contributed by atoms with Gasteiger partial charge in [-0.2, -0.15) is 0 Å². The SMILES string of the molecule is O=S(O)c1ccc2c(c1)OCN2. The first kappa shape index (κ1) is 7.57. The summed E-state index contributed by atoms with van der Waals surface area (Å²) in [5, 5.41) is 2.96. The van der Waals surface area contributed by atoms with Crippen LogP contribution in [0, 0.1) is 0 Å². The molecule has 0 aromatic heterocycles. The lowest BCUT2D eigenvalue weighted by Crippen LogP contribution is -1.96. The molecule has 0 fully saturated rings. The first-order valence-electron chi connectivity index (χ1n) is 3.39. The van der Waals surface area contributed by atoms with E-state index in [4.69, 9.17) is 9.29 Å². The van der Waals surface area contributed by atoms with Gasteiger partial charge >= 0.3 is 0 Å². The standard InChI is InChI=1S/C7H7NO3S/c9-12(10)5-1-2-6-7(3-5)11-4-8-6/h1-3,8H,4H2,(H,9,10). The number of ether oxygens (including phenoxy) is 1. The Morgan fingerprint density at radius 3 is 3.17 bits per heavy atom. The summed E-state index contributed by atoms with van der Waals surface area (Å²) in [4.78, 5) is 0.359. The molecule has 0 radical (unpaired) electrons. The minimum absolute atomic E-state index is 0.359. The third kappa shape index (κ3) is 1.17. The fourth-order valence-electron chi connectivity index (χ4n) is 1.07. The van der Waals surface area contributed by atoms with Crippen LogP contribution in [0.15, 0.2) is 23.1 Å². The molecular formula is C7H7NO3S. The molecule has 1 aliphatic rings. The fourth-order valence-corrected chi connectivity index (χ4v) is 1.46. The highest BCUT2D eigenvalue weighted by molar-refractivity contribution is 7.79. The predicted octanol–water partition coefficient (Wildman–Crippen LogP) is 1.03. The van der Waals surface area contributed by atoms with Gasteiger partial charge in [-0.05, 0) is 12.1 Å². The largest absolute Gasteiger partial charge is 0.471 e. The number of benzene rings is 1. The lowest BCUT2D eigenvalue weighted by atomic mass is 10.3. The maximum absolute atomic E-state index is 10.6. The smallest absolute Gasteiger partial charge is 0.186 e. The molecule has 1 aliphatic heterocycles. The number of hydrogen-bond donors (Lipinski definition) is 2. The Balaban J connectivity index is 2.45. The van der Waals surface area contributed by atoms with Gasteiger partial charge in [0.15, 0.2) is 17.8 Å². The summed E-state index contributed by atoms with van der Waals surface area (Å²) in [6.45, 7) is 0.427. The maximum atomic E-state index is 10.6. The van der Waals surface area contributed by atoms with E-state index in [-0.39, 0.29) is 0 Å². The van der Waals surface area contributed by atoms with Crippen molar-refractivity contribution in [3.63, 3.8) is 0 Å². The molecule has 0 saturated carbocycles. The van der Waals surface area contributed by atoms with Crippen molar-refractivity contribution in [2.24, 2.45) is 0 Å². The van der Waals surface area contributed by atoms with Gasteiger partial charge in [0.2, 0.25) is 0 Å². The molecule has 1 aromatic carbocycles. The van der Waals surface area contributed by atoms with Crippen LogP contribution >= 0.6 is 0 Å². The van der Waals surface area contributed by atoms with Gasteiger partial charge in [-0.15, -0.1) is 0 Å². The molecule has 0 saturated heterocycles. The number of rotatable bonds is 1. The lowest BCUT2D eigenvalue weighted by molar-refractivity contribution is 0.371. The molecule has 1 aromatic rings. The summed E-state index contributed by atoms with van der Waals surface area (Å²) in [6.07, 6.45) is 0. The normalized spacial score (nSPS) is 16.1. The lowest BCUT2D eigenvalue weighted by Gasteiger charge is -1.98. The van der Waals surface area contributed by atoms with Crippen molar-refractivity contribution in [2.45, 2.75) is 4.90 Å². The van der Waals surface area contributed by atoms with Crippen LogP contribution in [0.4, 0.5) is 5.69 Å². The van der Waals surface area contributed by atoms with Crippen LogP contribution in [0.25, 0.3) is 0 Å². The molecule has 2 rings (SSSR count). The van der Waals surface area contributed by atoms with Crippen molar-refractivity contribution >= 4 is 16.8 Å². The summed E-state index contributed by atoms with van der Waals surface area (Å²) in [7, 11) is 0. The topological polar surface area (TPSA) is 58.6 Å². The number of anilines is 1. The van der Waals surface area contributed by atoms with Gasteiger partial charge < -0.3 is 14.6 Å². The molecule has 0 amide bonds. The zero-order valence-corrected chi connectivity index (χ0v) is 6.93. The van der Waals surface area contributed by atoms with E-state index in [1.165, 1.54) is 0 Å². The first-order chi connectivity index (χ1) is 5.77. The second-order valence-corrected chi connectivity index (χ2v) is 3.34. The molecule has 1 heterocycles. The molecule has 5 heteroatoms. The van der Waals surface area contributed by atoms with E-state index < -0.39 is 11.1 Å². The van der Waals surface area contributed by atoms with E-state index in [1.807, 2.05) is 0 Å². The molecule has 0 spiro atoms. The van der Waals surface area contributed by atoms with Gasteiger partial charge in [0, 0.05) is 6.07 Å². The summed E-state index contributed by atoms with van der Waals surface area (Å²) >= 11 is -1.93. The third-order valence-electron chi connectivity index (χ3n) is 1.65. The zero-order chi connectivity index (χ0) is 8.55. The van der Waals surface area contributed by atoms with E-state index in [2.05, 4.69) is 5.32 Å². The second-order valence-electron chi connectivity index (χ2n) is 2.37. The molecule has 4 nitrogen and oxygen atoms in total. The van der Waals surface area contributed by atoms with Gasteiger partial charge in [0.25, 0.3) is 0 Å². The second kappa shape index (κ2) is 2.76. The van der Waals surface area contributed by atoms with Crippen LogP contribution in [0.3, 0.4) is 0 Å². The van der Waals surface area contributed by atoms with Crippen molar-refractivity contribution in [3.05, 3.63) is 18.2 Å². The third-order valence-corrected chi connectivity index (χ3v) is 2.30. The van der Waals surface area contributed by atoms with Crippen LogP contribution in [-0.2, 0) is 11.1 Å². The van der Waals surface area contributed by atoms with Gasteiger partial charge in [0.05, 0.1) is 10.6 Å². The van der Waals surface area contributed by atoms with E-state index in [1.54, 1.807) is 18.2 Å². The van der Waals surface area contributed by atoms with E-state index in [0.29, 0.717) is 17.4 Å². The molecule has 64 valence electrons. The van der Waals surface area contributed by atoms with E-state index in [9.17, 15) is 4.21 Å². The van der Waals surface area contributed by atoms with Crippen LogP contribution < -0.4 is 10.1 Å². The summed E-state index contributed by atoms with van der Waals surface area (Å²) in [5.41, 5.74) is 0.865. The fraction of sp³-hybridized carbons (Fsp3) is 0.143. The molecule has 1 unspecified atom stereocenters. The van der Waals surface area contributed by atoms with Crippen molar-refractivity contribution in [3.8, 4) is 5.75 Å². The van der Waals surface area contributed by atoms with Crippen molar-refractivity contribution < 1.29 is 13.5 Å². The molecule has 2 N–H and O–H groups in total. The Kier molecular flexibility index (Phi) is 1.74. The van der Waals surface area contributed by atoms with Crippen LogP contribution in [0.5, 0.6) is 5.75 Å². The molecule has 0 aliphatic carbocycles. The number of fused-ring (bicyclic) bond motifs is 1. The minimum atomic E-state index is -1.93. The Morgan fingerprint density at radius 1 is 1.58 bits per heavy atom. The molecule has 1 atom stereocenters. The van der Waals surface area contributed by atoms with Gasteiger partial charge in [-0.3, -0.25) is 0 Å². The van der Waals surface area contributed by atoms with Crippen LogP contribution in [0.2, 0.25) is 0 Å². The highest BCUT2D eigenvalue weighted by atomic mass is 32.2. The minimum Gasteiger partial charge on any atom is -0.471 e. The quantitative estimate of drug-likeness (QED) is 0.641. The van der Waals surface area contributed by atoms with Crippen LogP contribution in [-0.4, -0.2) is 15.5 Å². The summed E-state index contributed by atoms with van der Waals surface area (Å²) in [5.74, 6) is 0.634. The van der Waals surface area contributed by atoms with Gasteiger partial charge in [0.1, 0.15) is 5.75 Å². The van der Waals surface area contributed by atoms with Crippen molar-refractivity contribution in [1.82, 2.24) is 0 Å². The Bertz CT molecular complexity index is 339. The first-order valence-corrected chi connectivity index (χ1v) is 4.49. The van der Waals surface area contributed by atoms with Crippen molar-refractivity contribution in [1.29, 1.82) is 0 Å².